The van der Waals surface area contributed by atoms with Gasteiger partial charge in [-0.15, -0.1) is 0 Å². The summed E-state index contributed by atoms with van der Waals surface area (Å²) in [6.07, 6.45) is 7.90. The minimum Gasteiger partial charge on any atom is -0.490 e. The first kappa shape index (κ1) is 29.0. The lowest BCUT2D eigenvalue weighted by Crippen LogP contribution is -2.52. The third-order valence-electron chi connectivity index (χ3n) is 8.61. The van der Waals surface area contributed by atoms with E-state index in [0.29, 0.717) is 74.5 Å². The van der Waals surface area contributed by atoms with E-state index in [4.69, 9.17) is 16.2 Å². The normalized spacial score (nSPS) is 25.9. The van der Waals surface area contributed by atoms with Gasteiger partial charge in [-0.2, -0.15) is 4.99 Å². The number of aromatic nitrogens is 2. The maximum atomic E-state index is 12.6. The molecule has 4 heterocycles. The van der Waals surface area contributed by atoms with Gasteiger partial charge in [0.1, 0.15) is 5.84 Å². The summed E-state index contributed by atoms with van der Waals surface area (Å²) in [5.74, 6) is 3.40. The zero-order valence-corrected chi connectivity index (χ0v) is 24.0. The van der Waals surface area contributed by atoms with Crippen molar-refractivity contribution in [1.29, 1.82) is 0 Å². The van der Waals surface area contributed by atoms with E-state index >= 15 is 0 Å². The lowest BCUT2D eigenvalue weighted by molar-refractivity contribution is -0.137. The average Bonchev–Trinajstić information content (AvgIpc) is 3.30. The maximum Gasteiger partial charge on any atom is 0.345 e. The number of ether oxygens (including phenoxy) is 1. The van der Waals surface area contributed by atoms with Gasteiger partial charge in [-0.3, -0.25) is 4.79 Å². The molecule has 1 aromatic heterocycles. The Morgan fingerprint density at radius 1 is 1.13 bits per heavy atom. The lowest BCUT2D eigenvalue weighted by atomic mass is 9.84. The standard InChI is InChI=1S/C28H46N8O3/c1-18(2)26(30)33-28(38)34-9-6-21(7-10-34)20(4)8-12-39-22-14-31-27(32-15-22)35-16-23(29)24(17-35)36-11-5-19(3)13-25(36)37/h14-15,18-21,23-24H,5-13,16-17,29H2,1-4H3,(H2,30,33,38)/t19?,20-,23+,24?/m1/s1. The van der Waals surface area contributed by atoms with Gasteiger partial charge in [0.2, 0.25) is 11.9 Å². The molecule has 0 saturated carbocycles. The fraction of sp³-hybridized carbons (Fsp3) is 0.750. The van der Waals surface area contributed by atoms with Gasteiger partial charge in [0.05, 0.1) is 25.0 Å². The van der Waals surface area contributed by atoms with Crippen molar-refractivity contribution >= 4 is 23.7 Å². The molecule has 3 saturated heterocycles. The minimum absolute atomic E-state index is 0.00176. The van der Waals surface area contributed by atoms with Gasteiger partial charge < -0.3 is 30.9 Å². The number of likely N-dealkylation sites (tertiary alicyclic amines) is 2. The van der Waals surface area contributed by atoms with E-state index in [1.165, 1.54) is 0 Å². The van der Waals surface area contributed by atoms with Gasteiger partial charge >= 0.3 is 6.03 Å². The highest BCUT2D eigenvalue weighted by atomic mass is 16.5. The highest BCUT2D eigenvalue weighted by Crippen LogP contribution is 2.28. The molecule has 1 aromatic rings. The Hall–Kier alpha value is -2.95. The quantitative estimate of drug-likeness (QED) is 0.377. The topological polar surface area (TPSA) is 143 Å². The summed E-state index contributed by atoms with van der Waals surface area (Å²) in [7, 11) is 0. The van der Waals surface area contributed by atoms with E-state index in [1.807, 2.05) is 18.7 Å². The fourth-order valence-electron chi connectivity index (χ4n) is 5.77. The fourth-order valence-corrected chi connectivity index (χ4v) is 5.77. The summed E-state index contributed by atoms with van der Waals surface area (Å²) in [5.41, 5.74) is 12.3. The number of amidine groups is 1. The smallest absolute Gasteiger partial charge is 0.345 e. The zero-order valence-electron chi connectivity index (χ0n) is 24.0. The van der Waals surface area contributed by atoms with E-state index in [1.54, 1.807) is 17.3 Å². The average molecular weight is 543 g/mol. The molecule has 3 aliphatic heterocycles. The van der Waals surface area contributed by atoms with Crippen molar-refractivity contribution in [2.24, 2.45) is 40.1 Å². The molecule has 0 bridgehead atoms. The van der Waals surface area contributed by atoms with E-state index in [0.717, 1.165) is 32.2 Å². The van der Waals surface area contributed by atoms with Gasteiger partial charge in [-0.05, 0) is 43.4 Å². The Morgan fingerprint density at radius 2 is 1.82 bits per heavy atom. The molecule has 3 amide bonds. The third-order valence-corrected chi connectivity index (χ3v) is 8.61. The number of rotatable bonds is 8. The number of carbonyl (C=O) groups excluding carboxylic acids is 2. The SMILES string of the molecule is CC1CCN(C2CN(c3ncc(OCC[C@@H](C)C4CCN(C(=O)/N=C(\N)C(C)C)CC4)cn3)C[C@@H]2N)C(=O)C1. The van der Waals surface area contributed by atoms with Gasteiger partial charge in [-0.1, -0.05) is 27.7 Å². The molecule has 0 radical (unpaired) electrons. The molecule has 4 N–H and O–H groups in total. The number of nitrogens with two attached hydrogens (primary N) is 2. The van der Waals surface area contributed by atoms with E-state index in [2.05, 4.69) is 33.7 Å². The van der Waals surface area contributed by atoms with Gasteiger partial charge in [0.25, 0.3) is 0 Å². The van der Waals surface area contributed by atoms with E-state index < -0.39 is 0 Å². The monoisotopic (exact) mass is 542 g/mol. The molecule has 11 nitrogen and oxygen atoms in total. The van der Waals surface area contributed by atoms with Crippen LogP contribution in [0.5, 0.6) is 5.75 Å². The number of hydrogen-bond acceptors (Lipinski definition) is 7. The third kappa shape index (κ3) is 7.38. The second-order valence-electron chi connectivity index (χ2n) is 12.0. The molecule has 2 unspecified atom stereocenters. The van der Waals surface area contributed by atoms with Crippen LogP contribution in [0, 0.1) is 23.7 Å². The number of piperidine rings is 2. The van der Waals surface area contributed by atoms with Crippen LogP contribution in [-0.2, 0) is 4.79 Å². The number of nitrogens with zero attached hydrogens (tertiary/aromatic N) is 6. The Labute approximate surface area is 232 Å². The van der Waals surface area contributed by atoms with Gasteiger partial charge in [0.15, 0.2) is 5.75 Å². The number of urea groups is 1. The predicted octanol–water partition coefficient (Wildman–Crippen LogP) is 2.50. The molecule has 3 fully saturated rings. The summed E-state index contributed by atoms with van der Waals surface area (Å²) in [6, 6.07) is -0.332. The molecule has 0 spiro atoms. The summed E-state index contributed by atoms with van der Waals surface area (Å²) >= 11 is 0. The highest BCUT2D eigenvalue weighted by Gasteiger charge is 2.39. The summed E-state index contributed by atoms with van der Waals surface area (Å²) in [6.45, 7) is 12.3. The second-order valence-corrected chi connectivity index (χ2v) is 12.0. The summed E-state index contributed by atoms with van der Waals surface area (Å²) < 4.78 is 5.95. The first-order valence-corrected chi connectivity index (χ1v) is 14.5. The van der Waals surface area contributed by atoms with Crippen LogP contribution in [0.3, 0.4) is 0 Å². The van der Waals surface area contributed by atoms with Gasteiger partial charge in [-0.25, -0.2) is 14.8 Å². The summed E-state index contributed by atoms with van der Waals surface area (Å²) in [5, 5.41) is 0. The van der Waals surface area contributed by atoms with Crippen LogP contribution in [0.2, 0.25) is 0 Å². The molecule has 4 rings (SSSR count). The molecule has 0 aliphatic carbocycles. The molecule has 11 heteroatoms. The van der Waals surface area contributed by atoms with Crippen molar-refractivity contribution in [3.05, 3.63) is 12.4 Å². The summed E-state index contributed by atoms with van der Waals surface area (Å²) in [4.78, 5) is 43.8. The zero-order chi connectivity index (χ0) is 28.1. The van der Waals surface area contributed by atoms with Crippen LogP contribution in [0.25, 0.3) is 0 Å². The number of aliphatic imine (C=N–C) groups is 1. The van der Waals surface area contributed by atoms with Crippen molar-refractivity contribution in [2.45, 2.75) is 71.9 Å². The van der Waals surface area contributed by atoms with Crippen molar-refractivity contribution in [1.82, 2.24) is 19.8 Å². The molecule has 4 atom stereocenters. The molecule has 39 heavy (non-hydrogen) atoms. The van der Waals surface area contributed by atoms with Crippen LogP contribution in [0.4, 0.5) is 10.7 Å². The van der Waals surface area contributed by atoms with Crippen molar-refractivity contribution in [3.8, 4) is 5.75 Å². The maximum absolute atomic E-state index is 12.6. The first-order valence-electron chi connectivity index (χ1n) is 14.5. The van der Waals surface area contributed by atoms with E-state index in [-0.39, 0.29) is 29.9 Å². The number of anilines is 1. The van der Waals surface area contributed by atoms with Crippen molar-refractivity contribution < 1.29 is 14.3 Å². The first-order chi connectivity index (χ1) is 18.6. The Balaban J connectivity index is 1.19. The Morgan fingerprint density at radius 3 is 2.46 bits per heavy atom. The molecule has 0 aromatic carbocycles. The van der Waals surface area contributed by atoms with Crippen molar-refractivity contribution in [3.63, 3.8) is 0 Å². The molecule has 3 aliphatic rings. The van der Waals surface area contributed by atoms with Crippen molar-refractivity contribution in [2.75, 3.05) is 44.2 Å². The second kappa shape index (κ2) is 12.9. The molecule has 216 valence electrons. The lowest BCUT2D eigenvalue weighted by Gasteiger charge is -2.36. The van der Waals surface area contributed by atoms with Crippen LogP contribution in [-0.4, -0.2) is 89.0 Å². The Kier molecular flexibility index (Phi) is 9.63. The molecular formula is C28H46N8O3. The van der Waals surface area contributed by atoms with E-state index in [9.17, 15) is 9.59 Å². The number of carbonyl (C=O) groups is 2. The molecular weight excluding hydrogens is 496 g/mol. The largest absolute Gasteiger partial charge is 0.490 e. The van der Waals surface area contributed by atoms with Crippen LogP contribution in [0.1, 0.15) is 59.8 Å². The predicted molar refractivity (Wildman–Crippen MR) is 152 cm³/mol. The minimum atomic E-state index is -0.222. The van der Waals surface area contributed by atoms with Gasteiger partial charge in [0, 0.05) is 51.1 Å². The van der Waals surface area contributed by atoms with Crippen LogP contribution in [0.15, 0.2) is 17.4 Å². The Bertz CT molecular complexity index is 1010. The van der Waals surface area contributed by atoms with Crippen LogP contribution >= 0.6 is 0 Å². The number of amides is 3. The van der Waals surface area contributed by atoms with Crippen LogP contribution < -0.4 is 21.1 Å². The highest BCUT2D eigenvalue weighted by molar-refractivity contribution is 5.93. The number of hydrogen-bond donors (Lipinski definition) is 2.